The minimum absolute atomic E-state index is 0.209. The zero-order valence-electron chi connectivity index (χ0n) is 15.7. The molecule has 0 radical (unpaired) electrons. The lowest BCUT2D eigenvalue weighted by molar-refractivity contribution is 0.414. The molecule has 0 bridgehead atoms. The Morgan fingerprint density at radius 1 is 1.00 bits per heavy atom. The summed E-state index contributed by atoms with van der Waals surface area (Å²) in [5, 5.41) is 7.42. The van der Waals surface area contributed by atoms with Crippen molar-refractivity contribution in [1.29, 1.82) is 0 Å². The molecule has 0 saturated heterocycles. The van der Waals surface area contributed by atoms with Gasteiger partial charge in [-0.2, -0.15) is 4.98 Å². The lowest BCUT2D eigenvalue weighted by Crippen LogP contribution is -2.14. The van der Waals surface area contributed by atoms with Crippen LogP contribution in [0.5, 0.6) is 5.75 Å². The van der Waals surface area contributed by atoms with Gasteiger partial charge in [0.1, 0.15) is 5.75 Å². The second-order valence-electron chi connectivity index (χ2n) is 6.40. The van der Waals surface area contributed by atoms with Gasteiger partial charge in [-0.1, -0.05) is 53.2 Å². The van der Waals surface area contributed by atoms with Crippen molar-refractivity contribution < 1.29 is 9.26 Å². The van der Waals surface area contributed by atoms with E-state index in [1.54, 1.807) is 13.3 Å². The first-order chi connectivity index (χ1) is 13.7. The third kappa shape index (κ3) is 3.86. The Balaban J connectivity index is 1.65. The molecule has 1 atom stereocenters. The molecular weight excluding hydrogens is 352 g/mol. The highest BCUT2D eigenvalue weighted by atomic mass is 16.5. The molecule has 4 aromatic rings. The number of nitrogens with zero attached hydrogens (tertiary/aromatic N) is 3. The topological polar surface area (TPSA) is 73.1 Å². The van der Waals surface area contributed by atoms with Crippen molar-refractivity contribution in [3.8, 4) is 17.1 Å². The molecule has 1 N–H and O–H groups in total. The maximum Gasteiger partial charge on any atom is 0.322 e. The van der Waals surface area contributed by atoms with Gasteiger partial charge in [0.15, 0.2) is 0 Å². The number of hydrogen-bond donors (Lipinski definition) is 1. The molecule has 0 aliphatic carbocycles. The maximum absolute atomic E-state index is 5.46. The van der Waals surface area contributed by atoms with E-state index in [2.05, 4.69) is 45.6 Å². The average molecular weight is 372 g/mol. The SMILES string of the molecule is COc1cccc(-c2noc(NC(c3cccc(C)c3)c3ccccn3)n2)c1. The molecule has 2 heterocycles. The van der Waals surface area contributed by atoms with Crippen molar-refractivity contribution in [2.45, 2.75) is 13.0 Å². The molecule has 0 saturated carbocycles. The van der Waals surface area contributed by atoms with E-state index >= 15 is 0 Å². The number of hydrogen-bond acceptors (Lipinski definition) is 6. The van der Waals surface area contributed by atoms with Gasteiger partial charge in [0.2, 0.25) is 5.82 Å². The van der Waals surface area contributed by atoms with Gasteiger partial charge in [-0.15, -0.1) is 0 Å². The summed E-state index contributed by atoms with van der Waals surface area (Å²) in [5.74, 6) is 1.23. The molecule has 0 aliphatic heterocycles. The van der Waals surface area contributed by atoms with Crippen LogP contribution in [0.3, 0.4) is 0 Å². The van der Waals surface area contributed by atoms with Crippen LogP contribution in [0.2, 0.25) is 0 Å². The van der Waals surface area contributed by atoms with E-state index in [-0.39, 0.29) is 6.04 Å². The van der Waals surface area contributed by atoms with Crippen molar-refractivity contribution in [1.82, 2.24) is 15.1 Å². The Labute approximate surface area is 163 Å². The normalized spacial score (nSPS) is 11.8. The van der Waals surface area contributed by atoms with E-state index in [9.17, 15) is 0 Å². The summed E-state index contributed by atoms with van der Waals surface area (Å²) in [6, 6.07) is 21.7. The first-order valence-electron chi connectivity index (χ1n) is 8.95. The van der Waals surface area contributed by atoms with Crippen LogP contribution in [0.15, 0.2) is 77.4 Å². The van der Waals surface area contributed by atoms with E-state index in [0.717, 1.165) is 22.6 Å². The zero-order chi connectivity index (χ0) is 19.3. The Morgan fingerprint density at radius 3 is 2.68 bits per heavy atom. The number of benzene rings is 2. The second-order valence-corrected chi connectivity index (χ2v) is 6.40. The Bertz CT molecular complexity index is 1060. The number of nitrogens with one attached hydrogen (secondary N) is 1. The number of aryl methyl sites for hydroxylation is 1. The first-order valence-corrected chi connectivity index (χ1v) is 8.95. The molecule has 28 heavy (non-hydrogen) atoms. The maximum atomic E-state index is 5.46. The minimum Gasteiger partial charge on any atom is -0.497 e. The molecule has 6 heteroatoms. The number of rotatable bonds is 6. The summed E-state index contributed by atoms with van der Waals surface area (Å²) in [7, 11) is 1.63. The van der Waals surface area contributed by atoms with Gasteiger partial charge in [0.05, 0.1) is 18.8 Å². The van der Waals surface area contributed by atoms with Crippen LogP contribution < -0.4 is 10.1 Å². The smallest absolute Gasteiger partial charge is 0.322 e. The first kappa shape index (κ1) is 17.7. The monoisotopic (exact) mass is 372 g/mol. The van der Waals surface area contributed by atoms with Gasteiger partial charge in [0, 0.05) is 11.8 Å². The average Bonchev–Trinajstić information content (AvgIpc) is 3.21. The number of anilines is 1. The molecule has 1 unspecified atom stereocenters. The van der Waals surface area contributed by atoms with Crippen LogP contribution in [0.25, 0.3) is 11.4 Å². The molecule has 4 rings (SSSR count). The molecule has 0 spiro atoms. The highest BCUT2D eigenvalue weighted by molar-refractivity contribution is 5.58. The van der Waals surface area contributed by atoms with Crippen LogP contribution in [-0.2, 0) is 0 Å². The Morgan fingerprint density at radius 2 is 1.89 bits per heavy atom. The number of pyridine rings is 1. The summed E-state index contributed by atoms with van der Waals surface area (Å²) in [4.78, 5) is 9.00. The molecule has 0 amide bonds. The second kappa shape index (κ2) is 7.92. The standard InChI is InChI=1S/C22H20N4O2/c1-15-7-5-8-16(13-15)20(19-11-3-4-12-23-19)24-22-25-21(26-28-22)17-9-6-10-18(14-17)27-2/h3-14,20H,1-2H3,(H,24,25,26). The van der Waals surface area contributed by atoms with E-state index in [0.29, 0.717) is 11.8 Å². The van der Waals surface area contributed by atoms with Gasteiger partial charge in [-0.25, -0.2) is 0 Å². The van der Waals surface area contributed by atoms with Crippen LogP contribution >= 0.6 is 0 Å². The van der Waals surface area contributed by atoms with Crippen molar-refractivity contribution in [3.63, 3.8) is 0 Å². The van der Waals surface area contributed by atoms with Gasteiger partial charge >= 0.3 is 6.01 Å². The summed E-state index contributed by atoms with van der Waals surface area (Å²) < 4.78 is 10.7. The quantitative estimate of drug-likeness (QED) is 0.531. The third-order valence-electron chi connectivity index (χ3n) is 4.38. The molecule has 140 valence electrons. The van der Waals surface area contributed by atoms with E-state index < -0.39 is 0 Å². The molecule has 6 nitrogen and oxygen atoms in total. The summed E-state index contributed by atoms with van der Waals surface area (Å²) >= 11 is 0. The Hall–Kier alpha value is -3.67. The molecule has 2 aromatic carbocycles. The van der Waals surface area contributed by atoms with Crippen molar-refractivity contribution >= 4 is 6.01 Å². The summed E-state index contributed by atoms with van der Waals surface area (Å²) in [6.45, 7) is 2.06. The molecule has 0 fully saturated rings. The summed E-state index contributed by atoms with van der Waals surface area (Å²) in [6.07, 6.45) is 1.77. The van der Waals surface area contributed by atoms with Crippen molar-refractivity contribution in [2.75, 3.05) is 12.4 Å². The minimum atomic E-state index is -0.209. The predicted molar refractivity (Wildman–Crippen MR) is 107 cm³/mol. The zero-order valence-corrected chi connectivity index (χ0v) is 15.7. The van der Waals surface area contributed by atoms with Gasteiger partial charge in [0.25, 0.3) is 0 Å². The third-order valence-corrected chi connectivity index (χ3v) is 4.38. The fourth-order valence-electron chi connectivity index (χ4n) is 3.01. The van der Waals surface area contributed by atoms with Crippen molar-refractivity contribution in [2.24, 2.45) is 0 Å². The highest BCUT2D eigenvalue weighted by Gasteiger charge is 2.19. The van der Waals surface area contributed by atoms with Crippen LogP contribution in [0.4, 0.5) is 6.01 Å². The Kier molecular flexibility index (Phi) is 5.01. The summed E-state index contributed by atoms with van der Waals surface area (Å²) in [5.41, 5.74) is 3.93. The lowest BCUT2D eigenvalue weighted by Gasteiger charge is -2.17. The molecule has 2 aromatic heterocycles. The van der Waals surface area contributed by atoms with Crippen LogP contribution in [0, 0.1) is 6.92 Å². The fourth-order valence-corrected chi connectivity index (χ4v) is 3.01. The number of ether oxygens (including phenoxy) is 1. The fraction of sp³-hybridized carbons (Fsp3) is 0.136. The molecule has 0 aliphatic rings. The van der Waals surface area contributed by atoms with E-state index in [4.69, 9.17) is 9.26 Å². The number of aromatic nitrogens is 3. The van der Waals surface area contributed by atoms with Crippen LogP contribution in [-0.4, -0.2) is 22.2 Å². The lowest BCUT2D eigenvalue weighted by atomic mass is 10.0. The van der Waals surface area contributed by atoms with E-state index in [1.807, 2.05) is 48.5 Å². The van der Waals surface area contributed by atoms with Gasteiger partial charge in [-0.3, -0.25) is 4.98 Å². The highest BCUT2D eigenvalue weighted by Crippen LogP contribution is 2.27. The molecular formula is C22H20N4O2. The van der Waals surface area contributed by atoms with Gasteiger partial charge in [-0.05, 0) is 36.8 Å². The van der Waals surface area contributed by atoms with Gasteiger partial charge < -0.3 is 14.6 Å². The van der Waals surface area contributed by atoms with E-state index in [1.165, 1.54) is 5.56 Å². The predicted octanol–water partition coefficient (Wildman–Crippen LogP) is 4.65. The van der Waals surface area contributed by atoms with Crippen molar-refractivity contribution in [3.05, 3.63) is 89.7 Å². The number of methoxy groups -OCH3 is 1. The van der Waals surface area contributed by atoms with Crippen LogP contribution in [0.1, 0.15) is 22.9 Å². The largest absolute Gasteiger partial charge is 0.497 e.